The van der Waals surface area contributed by atoms with Crippen LogP contribution >= 0.6 is 31.9 Å². The van der Waals surface area contributed by atoms with Gasteiger partial charge in [-0.3, -0.25) is 38.4 Å². The van der Waals surface area contributed by atoms with Crippen LogP contribution in [-0.2, 0) is 52.0 Å². The SMILES string of the molecule is BrCCc1ccc2ccccc2c1.CCCCBr.CCCC[n+]1cn(CCc2ccc3ccccc3c2)c2c1C(=O)c1ccccc1C2=O.CCCC[n+]1cn(CCc2ccc3ccccc3c2)c2c1C(=O)c1ccccc1C2=O.CCCCn1cnc2c1C(=O)c1ccccc1C2=O.O=C1c2ccccc2C(=O)c2[nH]cnc21.[Br-].[Br-]. The highest BCUT2D eigenvalue weighted by molar-refractivity contribution is 9.09. The zero-order valence-corrected chi connectivity index (χ0v) is 71.7. The van der Waals surface area contributed by atoms with Gasteiger partial charge in [0.25, 0.3) is 0 Å². The largest absolute Gasteiger partial charge is 1.00 e. The van der Waals surface area contributed by atoms with Gasteiger partial charge in [0.1, 0.15) is 22.8 Å². The molecule has 18 rings (SSSR count). The molecule has 590 valence electrons. The monoisotopic (exact) mass is 1800 g/mol. The van der Waals surface area contributed by atoms with Gasteiger partial charge in [-0.15, -0.1) is 0 Å². The summed E-state index contributed by atoms with van der Waals surface area (Å²) in [7, 11) is 0. The van der Waals surface area contributed by atoms with E-state index in [2.05, 4.69) is 178 Å². The van der Waals surface area contributed by atoms with Crippen molar-refractivity contribution in [2.45, 2.75) is 131 Å². The van der Waals surface area contributed by atoms with Crippen molar-refractivity contribution in [1.29, 1.82) is 0 Å². The molecule has 116 heavy (non-hydrogen) atoms. The van der Waals surface area contributed by atoms with Gasteiger partial charge in [0, 0.05) is 74.6 Å². The number of alkyl halides is 2. The lowest BCUT2D eigenvalue weighted by Crippen LogP contribution is -3.00. The van der Waals surface area contributed by atoms with Gasteiger partial charge in [-0.05, 0) is 81.1 Å². The lowest BCUT2D eigenvalue weighted by Gasteiger charge is -2.15. The number of rotatable bonds is 19. The van der Waals surface area contributed by atoms with Crippen molar-refractivity contribution in [3.8, 4) is 0 Å². The van der Waals surface area contributed by atoms with Gasteiger partial charge >= 0.3 is 0 Å². The maximum Gasteiger partial charge on any atom is 0.244 e. The van der Waals surface area contributed by atoms with Crippen LogP contribution in [0.4, 0.5) is 0 Å². The number of carbonyl (C=O) groups excluding carboxylic acids is 8. The third-order valence-corrected chi connectivity index (χ3v) is 21.8. The van der Waals surface area contributed by atoms with Gasteiger partial charge in [0.05, 0.1) is 38.8 Å². The van der Waals surface area contributed by atoms with Crippen molar-refractivity contribution >= 4 is 110 Å². The standard InChI is InChI=1S/2C27H25N2O2.C15H14N2O2.C12H11Br.C11H6N2O2.C4H9Br.2BrH/c2*1-2-3-15-28-18-29(16-14-19-12-13-20-8-4-5-9-21(20)17-19)25-24(28)26(30)22-10-6-7-11-23(22)27(25)31;1-2-3-8-17-9-16-12-13(17)15(19)11-7-5-4-6-10(11)14(12)18;13-8-7-10-5-6-11-3-1-2-4-12(11)9-10;14-10-6-3-1-2-4-7(6)11(15)9-8(10)12-5-13-9;1-2-3-4-5;;/h2*4-13,17-18H,2-3,14-16H2,1H3;4-7,9H,2-3,8H2,1H3;1-6,9H,7-8H2;1-5H,(H,12,13);2-4H2,1H3;2*1H/q2*+1;;;;;;/p-2. The number of carbonyl (C=O) groups is 8. The second-order valence-electron chi connectivity index (χ2n) is 28.6. The third-order valence-electron chi connectivity index (χ3n) is 20.9. The van der Waals surface area contributed by atoms with E-state index in [4.69, 9.17) is 0 Å². The summed E-state index contributed by atoms with van der Waals surface area (Å²) in [6.45, 7) is 12.0. The number of fused-ring (bicyclic) bond motifs is 11. The Morgan fingerprint density at radius 1 is 0.328 bits per heavy atom. The second-order valence-corrected chi connectivity index (χ2v) is 30.1. The Balaban J connectivity index is 0.000000145. The van der Waals surface area contributed by atoms with Crippen molar-refractivity contribution in [2.75, 3.05) is 10.7 Å². The average molecular weight is 1800 g/mol. The number of unbranched alkanes of at least 4 members (excludes halogenated alkanes) is 4. The highest BCUT2D eigenvalue weighted by Gasteiger charge is 2.43. The fourth-order valence-corrected chi connectivity index (χ4v) is 15.8. The number of benzene rings is 10. The maximum atomic E-state index is 13.4. The van der Waals surface area contributed by atoms with Crippen LogP contribution in [0, 0.1) is 0 Å². The molecule has 0 bridgehead atoms. The number of nitrogens with zero attached hydrogens (tertiary/aromatic N) is 7. The maximum absolute atomic E-state index is 13.4. The number of imidazole rings is 4. The molecular weight excluding hydrogens is 1710 g/mol. The number of aryl methyl sites for hydroxylation is 8. The van der Waals surface area contributed by atoms with E-state index in [0.29, 0.717) is 97.5 Å². The number of aromatic amines is 1. The molecule has 4 aliphatic rings. The molecule has 0 amide bonds. The molecule has 20 heteroatoms. The number of hydrogen-bond donors (Lipinski definition) is 1. The molecule has 0 saturated carbocycles. The molecule has 0 radical (unpaired) electrons. The molecule has 0 unspecified atom stereocenters. The van der Waals surface area contributed by atoms with Gasteiger partial charge in [0.2, 0.25) is 81.7 Å². The lowest BCUT2D eigenvalue weighted by atomic mass is 9.90. The summed E-state index contributed by atoms with van der Waals surface area (Å²) in [6, 6.07) is 72.8. The van der Waals surface area contributed by atoms with E-state index in [1.54, 1.807) is 83.7 Å². The number of aromatic nitrogens is 8. The third kappa shape index (κ3) is 18.8. The summed E-state index contributed by atoms with van der Waals surface area (Å²) >= 11 is 6.76. The van der Waals surface area contributed by atoms with Crippen molar-refractivity contribution < 1.29 is 81.5 Å². The minimum atomic E-state index is -0.193. The summed E-state index contributed by atoms with van der Waals surface area (Å²) < 4.78 is 9.73. The molecule has 4 aromatic heterocycles. The molecule has 0 saturated heterocycles. The van der Waals surface area contributed by atoms with Gasteiger partial charge in [-0.1, -0.05) is 310 Å². The van der Waals surface area contributed by atoms with Crippen molar-refractivity contribution in [1.82, 2.24) is 28.7 Å². The second kappa shape index (κ2) is 40.6. The normalized spacial score (nSPS) is 12.3. The number of nitrogens with one attached hydrogen (secondary N) is 1. The quantitative estimate of drug-likeness (QED) is 0.0600. The van der Waals surface area contributed by atoms with E-state index in [1.807, 2.05) is 79.5 Å². The van der Waals surface area contributed by atoms with E-state index in [1.165, 1.54) is 68.2 Å². The first kappa shape index (κ1) is 86.0. The first-order valence-electron chi connectivity index (χ1n) is 39.3. The molecule has 0 fully saturated rings. The topological polar surface area (TPSA) is 201 Å². The lowest BCUT2D eigenvalue weighted by molar-refractivity contribution is -0.698. The highest BCUT2D eigenvalue weighted by atomic mass is 79.9. The van der Waals surface area contributed by atoms with Crippen LogP contribution in [0.25, 0.3) is 32.3 Å². The molecule has 16 nitrogen and oxygen atoms in total. The van der Waals surface area contributed by atoms with E-state index in [9.17, 15) is 38.4 Å². The fraction of sp³-hybridized carbons (Fsp3) is 0.229. The molecule has 4 aliphatic carbocycles. The molecule has 0 spiro atoms. The Bertz CT molecular complexity index is 5710. The molecule has 14 aromatic rings. The van der Waals surface area contributed by atoms with Crippen LogP contribution in [0.1, 0.15) is 224 Å². The predicted octanol–water partition coefficient (Wildman–Crippen LogP) is 13.1. The highest BCUT2D eigenvalue weighted by Crippen LogP contribution is 2.32. The molecule has 4 heterocycles. The zero-order chi connectivity index (χ0) is 79.8. The van der Waals surface area contributed by atoms with Crippen molar-refractivity contribution in [2.24, 2.45) is 0 Å². The van der Waals surface area contributed by atoms with Crippen LogP contribution in [0.5, 0.6) is 0 Å². The van der Waals surface area contributed by atoms with Crippen LogP contribution in [0.2, 0.25) is 0 Å². The average Bonchev–Trinajstić information content (AvgIpc) is 1.56. The van der Waals surface area contributed by atoms with E-state index in [0.717, 1.165) is 88.1 Å². The molecule has 1 N–H and O–H groups in total. The number of halogens is 4. The Hall–Kier alpha value is -10.9. The Morgan fingerprint density at radius 3 is 1.05 bits per heavy atom. The molecule has 0 aliphatic heterocycles. The van der Waals surface area contributed by atoms with Gasteiger partial charge in [-0.25, -0.2) is 28.2 Å². The minimum Gasteiger partial charge on any atom is -1.00 e. The Kier molecular flexibility index (Phi) is 30.1. The summed E-state index contributed by atoms with van der Waals surface area (Å²) in [5.41, 5.74) is 11.1. The van der Waals surface area contributed by atoms with Gasteiger partial charge in [0.15, 0.2) is 0 Å². The first-order valence-corrected chi connectivity index (χ1v) is 41.5. The summed E-state index contributed by atoms with van der Waals surface area (Å²) in [4.78, 5) is 113. The van der Waals surface area contributed by atoms with Crippen LogP contribution in [0.15, 0.2) is 250 Å². The zero-order valence-electron chi connectivity index (χ0n) is 65.3. The predicted molar refractivity (Wildman–Crippen MR) is 453 cm³/mol. The molecular formula is C96H90Br4N8O8. The smallest absolute Gasteiger partial charge is 0.244 e. The van der Waals surface area contributed by atoms with E-state index in [-0.39, 0.29) is 85.9 Å². The van der Waals surface area contributed by atoms with Crippen molar-refractivity contribution in [3.05, 3.63) is 357 Å². The number of H-pyrrole nitrogens is 1. The Morgan fingerprint density at radius 2 is 0.672 bits per heavy atom. The van der Waals surface area contributed by atoms with Crippen LogP contribution < -0.4 is 43.1 Å². The number of ketones is 8. The molecule has 0 atom stereocenters. The first-order chi connectivity index (χ1) is 55.7. The van der Waals surface area contributed by atoms with Crippen LogP contribution in [-0.4, -0.2) is 85.6 Å². The van der Waals surface area contributed by atoms with E-state index >= 15 is 0 Å². The molecule has 10 aromatic carbocycles. The minimum absolute atomic E-state index is 0. The van der Waals surface area contributed by atoms with Gasteiger partial charge in [-0.2, -0.15) is 0 Å². The Labute approximate surface area is 713 Å². The summed E-state index contributed by atoms with van der Waals surface area (Å²) in [6.07, 6.45) is 18.2. The van der Waals surface area contributed by atoms with Crippen molar-refractivity contribution in [3.63, 3.8) is 0 Å². The number of hydrogen-bond acceptors (Lipinski definition) is 10. The van der Waals surface area contributed by atoms with Crippen LogP contribution in [0.3, 0.4) is 0 Å². The van der Waals surface area contributed by atoms with E-state index < -0.39 is 0 Å². The summed E-state index contributed by atoms with van der Waals surface area (Å²) in [5, 5.41) is 9.72. The summed E-state index contributed by atoms with van der Waals surface area (Å²) in [5.74, 6) is -0.826. The van der Waals surface area contributed by atoms with Gasteiger partial charge < -0.3 is 43.5 Å². The fourth-order valence-electron chi connectivity index (χ4n) is 14.8.